The molecule has 0 aliphatic heterocycles. The minimum Gasteiger partial charge on any atom is -0.484 e. The van der Waals surface area contributed by atoms with E-state index in [-0.39, 0.29) is 5.75 Å². The molecule has 0 amide bonds. The zero-order valence-corrected chi connectivity index (χ0v) is 10.9. The predicted molar refractivity (Wildman–Crippen MR) is 64.5 cm³/mol. The summed E-state index contributed by atoms with van der Waals surface area (Å²) in [5, 5.41) is 3.08. The topological polar surface area (TPSA) is 21.3 Å². The molecule has 0 saturated heterocycles. The van der Waals surface area contributed by atoms with E-state index in [0.29, 0.717) is 18.0 Å². The second-order valence-electron chi connectivity index (χ2n) is 4.72. The van der Waals surface area contributed by atoms with Crippen LogP contribution in [0.3, 0.4) is 0 Å². The Hall–Kier alpha value is -1.30. The largest absolute Gasteiger partial charge is 0.484 e. The molecule has 0 atom stereocenters. The van der Waals surface area contributed by atoms with Gasteiger partial charge in [-0.05, 0) is 30.2 Å². The summed E-state index contributed by atoms with van der Waals surface area (Å²) < 4.78 is 53.8. The van der Waals surface area contributed by atoms with E-state index in [1.54, 1.807) is 0 Å². The van der Waals surface area contributed by atoms with E-state index in [0.717, 1.165) is 12.6 Å². The third-order valence-electron chi connectivity index (χ3n) is 2.22. The molecule has 0 heterocycles. The molecule has 0 aromatic heterocycles. The van der Waals surface area contributed by atoms with E-state index in [1.165, 1.54) is 12.1 Å². The monoisotopic (exact) mass is 279 g/mol. The van der Waals surface area contributed by atoms with E-state index < -0.39 is 18.6 Å². The number of halogens is 4. The van der Waals surface area contributed by atoms with Crippen molar-refractivity contribution in [3.63, 3.8) is 0 Å². The third kappa shape index (κ3) is 7.00. The predicted octanol–water partition coefficient (Wildman–Crippen LogP) is 3.51. The van der Waals surface area contributed by atoms with Crippen LogP contribution in [0.15, 0.2) is 18.2 Å². The number of ether oxygens (including phenoxy) is 1. The van der Waals surface area contributed by atoms with Crippen LogP contribution < -0.4 is 10.1 Å². The minimum atomic E-state index is -4.43. The zero-order valence-electron chi connectivity index (χ0n) is 10.9. The Morgan fingerprint density at radius 1 is 1.21 bits per heavy atom. The first-order chi connectivity index (χ1) is 8.76. The Labute approximate surface area is 109 Å². The van der Waals surface area contributed by atoms with Crippen molar-refractivity contribution < 1.29 is 22.3 Å². The number of hydrogen-bond donors (Lipinski definition) is 1. The second kappa shape index (κ2) is 6.75. The van der Waals surface area contributed by atoms with Gasteiger partial charge in [-0.3, -0.25) is 0 Å². The van der Waals surface area contributed by atoms with Gasteiger partial charge in [0.05, 0.1) is 0 Å². The Kier molecular flexibility index (Phi) is 5.60. The van der Waals surface area contributed by atoms with E-state index in [4.69, 9.17) is 0 Å². The van der Waals surface area contributed by atoms with Crippen molar-refractivity contribution in [2.24, 2.45) is 5.92 Å². The minimum absolute atomic E-state index is 0.112. The van der Waals surface area contributed by atoms with Gasteiger partial charge in [0.1, 0.15) is 11.6 Å². The van der Waals surface area contributed by atoms with E-state index in [9.17, 15) is 17.6 Å². The Morgan fingerprint density at radius 2 is 1.89 bits per heavy atom. The van der Waals surface area contributed by atoms with Crippen LogP contribution >= 0.6 is 0 Å². The molecule has 108 valence electrons. The van der Waals surface area contributed by atoms with Crippen LogP contribution in [0, 0.1) is 11.7 Å². The van der Waals surface area contributed by atoms with Crippen molar-refractivity contribution in [3.8, 4) is 5.75 Å². The average Bonchev–Trinajstić information content (AvgIpc) is 2.24. The zero-order chi connectivity index (χ0) is 14.5. The van der Waals surface area contributed by atoms with Crippen molar-refractivity contribution >= 4 is 0 Å². The van der Waals surface area contributed by atoms with Crippen LogP contribution in [0.4, 0.5) is 17.6 Å². The van der Waals surface area contributed by atoms with Gasteiger partial charge in [0.25, 0.3) is 0 Å². The average molecular weight is 279 g/mol. The van der Waals surface area contributed by atoms with Gasteiger partial charge in [-0.2, -0.15) is 13.2 Å². The molecule has 0 radical (unpaired) electrons. The fraction of sp³-hybridized carbons (Fsp3) is 0.538. The van der Waals surface area contributed by atoms with Crippen molar-refractivity contribution in [2.45, 2.75) is 26.6 Å². The quantitative estimate of drug-likeness (QED) is 0.805. The Balaban J connectivity index is 2.61. The highest BCUT2D eigenvalue weighted by Gasteiger charge is 2.28. The molecule has 0 spiro atoms. The van der Waals surface area contributed by atoms with Crippen LogP contribution in [0.5, 0.6) is 5.75 Å². The molecule has 19 heavy (non-hydrogen) atoms. The molecule has 0 aliphatic rings. The number of benzene rings is 1. The van der Waals surface area contributed by atoms with Gasteiger partial charge < -0.3 is 10.1 Å². The lowest BCUT2D eigenvalue weighted by atomic mass is 10.2. The molecule has 0 aliphatic carbocycles. The number of rotatable bonds is 6. The number of hydrogen-bond acceptors (Lipinski definition) is 2. The molecule has 2 nitrogen and oxygen atoms in total. The number of nitrogens with one attached hydrogen (secondary N) is 1. The highest BCUT2D eigenvalue weighted by atomic mass is 19.4. The van der Waals surface area contributed by atoms with Crippen LogP contribution in [0.25, 0.3) is 0 Å². The van der Waals surface area contributed by atoms with Crippen molar-refractivity contribution in [1.29, 1.82) is 0 Å². The number of alkyl halides is 3. The SMILES string of the molecule is CC(C)CNCc1cc(F)cc(OCC(F)(F)F)c1. The van der Waals surface area contributed by atoms with Crippen molar-refractivity contribution in [3.05, 3.63) is 29.6 Å². The lowest BCUT2D eigenvalue weighted by Crippen LogP contribution is -2.20. The lowest BCUT2D eigenvalue weighted by molar-refractivity contribution is -0.153. The van der Waals surface area contributed by atoms with Gasteiger partial charge in [0.2, 0.25) is 0 Å². The third-order valence-corrected chi connectivity index (χ3v) is 2.22. The van der Waals surface area contributed by atoms with Gasteiger partial charge in [-0.1, -0.05) is 13.8 Å². The summed E-state index contributed by atoms with van der Waals surface area (Å²) in [7, 11) is 0. The fourth-order valence-electron chi connectivity index (χ4n) is 1.48. The molecule has 1 aromatic rings. The summed E-state index contributed by atoms with van der Waals surface area (Å²) in [5.74, 6) is -0.283. The van der Waals surface area contributed by atoms with E-state index in [2.05, 4.69) is 10.1 Å². The normalized spacial score (nSPS) is 11.9. The molecule has 1 rings (SSSR count). The first-order valence-corrected chi connectivity index (χ1v) is 5.96. The molecule has 0 saturated carbocycles. The van der Waals surface area contributed by atoms with Crippen molar-refractivity contribution in [1.82, 2.24) is 5.32 Å². The van der Waals surface area contributed by atoms with Gasteiger partial charge in [-0.25, -0.2) is 4.39 Å². The van der Waals surface area contributed by atoms with Gasteiger partial charge in [0, 0.05) is 12.6 Å². The summed E-state index contributed by atoms with van der Waals surface area (Å²) in [6.07, 6.45) is -4.43. The molecule has 1 N–H and O–H groups in total. The van der Waals surface area contributed by atoms with Gasteiger partial charge >= 0.3 is 6.18 Å². The highest BCUT2D eigenvalue weighted by Crippen LogP contribution is 2.20. The molecule has 0 unspecified atom stereocenters. The lowest BCUT2D eigenvalue weighted by Gasteiger charge is -2.12. The molecule has 1 aromatic carbocycles. The summed E-state index contributed by atoms with van der Waals surface area (Å²) in [5.41, 5.74) is 0.554. The summed E-state index contributed by atoms with van der Waals surface area (Å²) in [6.45, 7) is 3.76. The summed E-state index contributed by atoms with van der Waals surface area (Å²) in [6, 6.07) is 3.62. The fourth-order valence-corrected chi connectivity index (χ4v) is 1.48. The summed E-state index contributed by atoms with van der Waals surface area (Å²) >= 11 is 0. The second-order valence-corrected chi connectivity index (χ2v) is 4.72. The van der Waals surface area contributed by atoms with Gasteiger partial charge in [0.15, 0.2) is 6.61 Å². The van der Waals surface area contributed by atoms with Crippen LogP contribution in [-0.4, -0.2) is 19.3 Å². The molecule has 6 heteroatoms. The highest BCUT2D eigenvalue weighted by molar-refractivity contribution is 5.29. The van der Waals surface area contributed by atoms with Crippen molar-refractivity contribution in [2.75, 3.05) is 13.2 Å². The molecule has 0 fully saturated rings. The van der Waals surface area contributed by atoms with Crippen LogP contribution in [-0.2, 0) is 6.54 Å². The first kappa shape index (κ1) is 15.8. The maximum Gasteiger partial charge on any atom is 0.422 e. The summed E-state index contributed by atoms with van der Waals surface area (Å²) in [4.78, 5) is 0. The maximum atomic E-state index is 13.2. The standard InChI is InChI=1S/C13H17F4NO/c1-9(2)6-18-7-10-3-11(14)5-12(4-10)19-8-13(15,16)17/h3-5,9,18H,6-8H2,1-2H3. The molecular weight excluding hydrogens is 262 g/mol. The smallest absolute Gasteiger partial charge is 0.422 e. The first-order valence-electron chi connectivity index (χ1n) is 5.96. The molecular formula is C13H17F4NO. The maximum absolute atomic E-state index is 13.2. The van der Waals surface area contributed by atoms with E-state index in [1.807, 2.05) is 13.8 Å². The van der Waals surface area contributed by atoms with Crippen LogP contribution in [0.2, 0.25) is 0 Å². The Bertz CT molecular complexity index is 404. The van der Waals surface area contributed by atoms with Crippen LogP contribution in [0.1, 0.15) is 19.4 Å². The van der Waals surface area contributed by atoms with E-state index >= 15 is 0 Å². The molecule has 0 bridgehead atoms. The Morgan fingerprint density at radius 3 is 2.47 bits per heavy atom. The van der Waals surface area contributed by atoms with Gasteiger partial charge in [-0.15, -0.1) is 0 Å².